The molecule has 0 N–H and O–H groups in total. The zero-order chi connectivity index (χ0) is 34.1. The molecule has 0 bridgehead atoms. The largest absolute Gasteiger partial charge is 0.454 e. The molecule has 1 aliphatic carbocycles. The van der Waals surface area contributed by atoms with Crippen molar-refractivity contribution in [2.45, 2.75) is 19.3 Å². The molecule has 51 heavy (non-hydrogen) atoms. The number of anilines is 3. The molecule has 0 amide bonds. The first-order valence-electron chi connectivity index (χ1n) is 17.7. The van der Waals surface area contributed by atoms with Crippen molar-refractivity contribution in [1.82, 2.24) is 0 Å². The van der Waals surface area contributed by atoms with Crippen LogP contribution in [-0.4, -0.2) is 0 Å². The van der Waals surface area contributed by atoms with E-state index in [-0.39, 0.29) is 5.41 Å². The summed E-state index contributed by atoms with van der Waals surface area (Å²) < 4.78 is 6.62. The predicted octanol–water partition coefficient (Wildman–Crippen LogP) is 13.8. The van der Waals surface area contributed by atoms with Crippen LogP contribution in [0.15, 0.2) is 180 Å². The first kappa shape index (κ1) is 29.5. The van der Waals surface area contributed by atoms with Gasteiger partial charge < -0.3 is 9.32 Å². The second-order valence-corrected chi connectivity index (χ2v) is 14.1. The lowest BCUT2D eigenvalue weighted by Gasteiger charge is -2.26. The Morgan fingerprint density at radius 3 is 2.02 bits per heavy atom. The van der Waals surface area contributed by atoms with E-state index in [0.717, 1.165) is 39.0 Å². The van der Waals surface area contributed by atoms with Crippen molar-refractivity contribution in [2.24, 2.45) is 0 Å². The summed E-state index contributed by atoms with van der Waals surface area (Å²) in [7, 11) is 0. The fourth-order valence-corrected chi connectivity index (χ4v) is 8.47. The third kappa shape index (κ3) is 4.57. The number of fused-ring (bicyclic) bond motifs is 8. The molecular formula is C49H35NO. The van der Waals surface area contributed by atoms with E-state index < -0.39 is 0 Å². The summed E-state index contributed by atoms with van der Waals surface area (Å²) in [6, 6.07) is 63.5. The van der Waals surface area contributed by atoms with E-state index in [1.54, 1.807) is 0 Å². The molecule has 0 fully saturated rings. The van der Waals surface area contributed by atoms with Gasteiger partial charge in [0, 0.05) is 27.6 Å². The lowest BCUT2D eigenvalue weighted by atomic mass is 9.79. The summed E-state index contributed by atoms with van der Waals surface area (Å²) in [5.41, 5.74) is 15.1. The van der Waals surface area contributed by atoms with Crippen molar-refractivity contribution in [3.05, 3.63) is 187 Å². The number of hydrogen-bond donors (Lipinski definition) is 0. The maximum absolute atomic E-state index is 6.62. The minimum absolute atomic E-state index is 0.104. The predicted molar refractivity (Wildman–Crippen MR) is 214 cm³/mol. The maximum Gasteiger partial charge on any atom is 0.159 e. The summed E-state index contributed by atoms with van der Waals surface area (Å²) >= 11 is 0. The van der Waals surface area contributed by atoms with Crippen LogP contribution in [0.3, 0.4) is 0 Å². The Kier molecular flexibility index (Phi) is 6.56. The standard InChI is InChI=1S/C49H35NO/c1-49(2)43-23-10-8-21-41(43)46-42(31-35-16-6-7-19-38(35)47(46)49)33-26-28-36(29-27-33)50(37-18-12-17-34(30-37)32-14-4-3-5-15-32)44-24-13-22-40-39-20-9-11-25-45(39)51-48(40)44/h3-31H,1-2H3. The van der Waals surface area contributed by atoms with Crippen LogP contribution in [0.4, 0.5) is 17.1 Å². The van der Waals surface area contributed by atoms with Crippen molar-refractivity contribution >= 4 is 49.8 Å². The van der Waals surface area contributed by atoms with Gasteiger partial charge in [-0.05, 0) is 97.7 Å². The third-order valence-corrected chi connectivity index (χ3v) is 10.8. The highest BCUT2D eigenvalue weighted by molar-refractivity contribution is 6.10. The molecule has 8 aromatic carbocycles. The minimum Gasteiger partial charge on any atom is -0.454 e. The molecule has 2 nitrogen and oxygen atoms in total. The molecule has 1 aromatic heterocycles. The quantitative estimate of drug-likeness (QED) is 0.184. The molecule has 242 valence electrons. The van der Waals surface area contributed by atoms with E-state index >= 15 is 0 Å². The molecule has 0 atom stereocenters. The van der Waals surface area contributed by atoms with E-state index in [1.165, 1.54) is 55.3 Å². The van der Waals surface area contributed by atoms with Crippen LogP contribution < -0.4 is 4.90 Å². The highest BCUT2D eigenvalue weighted by atomic mass is 16.3. The Morgan fingerprint density at radius 1 is 0.471 bits per heavy atom. The van der Waals surface area contributed by atoms with E-state index in [9.17, 15) is 0 Å². The Balaban J connectivity index is 1.17. The topological polar surface area (TPSA) is 16.4 Å². The van der Waals surface area contributed by atoms with Gasteiger partial charge in [0.15, 0.2) is 5.58 Å². The maximum atomic E-state index is 6.62. The molecule has 0 unspecified atom stereocenters. The fraction of sp³-hybridized carbons (Fsp3) is 0.0612. The number of benzene rings is 8. The molecule has 0 spiro atoms. The van der Waals surface area contributed by atoms with Gasteiger partial charge in [0.05, 0.1) is 5.69 Å². The number of rotatable bonds is 5. The van der Waals surface area contributed by atoms with Crippen LogP contribution in [-0.2, 0) is 5.41 Å². The average Bonchev–Trinajstić information content (AvgIpc) is 3.68. The van der Waals surface area contributed by atoms with Gasteiger partial charge in [-0.3, -0.25) is 0 Å². The van der Waals surface area contributed by atoms with Gasteiger partial charge in [-0.15, -0.1) is 0 Å². The Hall–Kier alpha value is -6.38. The SMILES string of the molecule is CC1(C)c2ccccc2-c2c(-c3ccc(N(c4cccc(-c5ccccc5)c4)c4cccc5c4oc4ccccc45)cc3)cc3ccccc3c21. The molecule has 1 heterocycles. The van der Waals surface area contributed by atoms with Crippen molar-refractivity contribution in [3.63, 3.8) is 0 Å². The second-order valence-electron chi connectivity index (χ2n) is 14.1. The monoisotopic (exact) mass is 653 g/mol. The van der Waals surface area contributed by atoms with Crippen LogP contribution >= 0.6 is 0 Å². The molecular weight excluding hydrogens is 619 g/mol. The number of para-hydroxylation sites is 2. The van der Waals surface area contributed by atoms with Crippen LogP contribution in [0, 0.1) is 0 Å². The van der Waals surface area contributed by atoms with Crippen molar-refractivity contribution in [1.29, 1.82) is 0 Å². The Labute approximate surface area is 297 Å². The smallest absolute Gasteiger partial charge is 0.159 e. The van der Waals surface area contributed by atoms with Crippen LogP contribution in [0.2, 0.25) is 0 Å². The van der Waals surface area contributed by atoms with Gasteiger partial charge >= 0.3 is 0 Å². The van der Waals surface area contributed by atoms with Crippen molar-refractivity contribution < 1.29 is 4.42 Å². The third-order valence-electron chi connectivity index (χ3n) is 10.8. The lowest BCUT2D eigenvalue weighted by Crippen LogP contribution is -2.15. The first-order valence-corrected chi connectivity index (χ1v) is 17.7. The van der Waals surface area contributed by atoms with Crippen LogP contribution in [0.25, 0.3) is 66.1 Å². The Bertz CT molecular complexity index is 2770. The summed E-state index contributed by atoms with van der Waals surface area (Å²) in [6.07, 6.45) is 0. The lowest BCUT2D eigenvalue weighted by molar-refractivity contribution is 0.666. The normalized spacial score (nSPS) is 13.1. The zero-order valence-electron chi connectivity index (χ0n) is 28.6. The fourth-order valence-electron chi connectivity index (χ4n) is 8.47. The zero-order valence-corrected chi connectivity index (χ0v) is 28.6. The molecule has 0 radical (unpaired) electrons. The second kappa shape index (κ2) is 11.3. The van der Waals surface area contributed by atoms with Gasteiger partial charge in [-0.25, -0.2) is 0 Å². The van der Waals surface area contributed by atoms with E-state index in [1.807, 2.05) is 6.07 Å². The average molecular weight is 654 g/mol. The van der Waals surface area contributed by atoms with E-state index in [0.29, 0.717) is 0 Å². The van der Waals surface area contributed by atoms with E-state index in [2.05, 4.69) is 189 Å². The van der Waals surface area contributed by atoms with Crippen molar-refractivity contribution in [3.8, 4) is 33.4 Å². The van der Waals surface area contributed by atoms with Gasteiger partial charge in [0.1, 0.15) is 5.58 Å². The molecule has 9 aromatic rings. The summed E-state index contributed by atoms with van der Waals surface area (Å²) in [5.74, 6) is 0. The first-order chi connectivity index (χ1) is 25.1. The summed E-state index contributed by atoms with van der Waals surface area (Å²) in [4.78, 5) is 2.34. The number of hydrogen-bond acceptors (Lipinski definition) is 2. The minimum atomic E-state index is -0.104. The molecule has 10 rings (SSSR count). The number of nitrogens with zero attached hydrogens (tertiary/aromatic N) is 1. The van der Waals surface area contributed by atoms with Crippen molar-refractivity contribution in [2.75, 3.05) is 4.90 Å². The van der Waals surface area contributed by atoms with E-state index in [4.69, 9.17) is 4.42 Å². The molecule has 1 aliphatic rings. The molecule has 0 saturated heterocycles. The molecule has 0 aliphatic heterocycles. The molecule has 2 heteroatoms. The summed E-state index contributed by atoms with van der Waals surface area (Å²) in [6.45, 7) is 4.74. The van der Waals surface area contributed by atoms with Crippen LogP contribution in [0.5, 0.6) is 0 Å². The highest BCUT2D eigenvalue weighted by Crippen LogP contribution is 2.55. The highest BCUT2D eigenvalue weighted by Gasteiger charge is 2.38. The van der Waals surface area contributed by atoms with Gasteiger partial charge in [0.25, 0.3) is 0 Å². The summed E-state index contributed by atoms with van der Waals surface area (Å²) in [5, 5.41) is 4.83. The number of furan rings is 1. The van der Waals surface area contributed by atoms with Gasteiger partial charge in [-0.1, -0.05) is 147 Å². The van der Waals surface area contributed by atoms with Crippen LogP contribution in [0.1, 0.15) is 25.0 Å². The Morgan fingerprint density at radius 2 is 1.16 bits per heavy atom. The van der Waals surface area contributed by atoms with Gasteiger partial charge in [0.2, 0.25) is 0 Å². The van der Waals surface area contributed by atoms with Gasteiger partial charge in [-0.2, -0.15) is 0 Å². The molecule has 0 saturated carbocycles.